The topological polar surface area (TPSA) is 108 Å². The highest BCUT2D eigenvalue weighted by Gasteiger charge is 2.30. The van der Waals surface area contributed by atoms with E-state index in [0.717, 1.165) is 0 Å². The van der Waals surface area contributed by atoms with Crippen molar-refractivity contribution in [3.8, 4) is 11.5 Å². The summed E-state index contributed by atoms with van der Waals surface area (Å²) >= 11 is 6.00. The van der Waals surface area contributed by atoms with Gasteiger partial charge < -0.3 is 14.8 Å². The molecule has 0 saturated carbocycles. The Morgan fingerprint density at radius 1 is 1.19 bits per heavy atom. The predicted octanol–water partition coefficient (Wildman–Crippen LogP) is 3.72. The maximum Gasteiger partial charge on any atom is 0.330 e. The maximum atomic E-state index is 12.4. The van der Waals surface area contributed by atoms with Crippen LogP contribution < -0.4 is 10.1 Å². The zero-order valence-electron chi connectivity index (χ0n) is 14.8. The minimum absolute atomic E-state index is 0.0610. The van der Waals surface area contributed by atoms with Crippen molar-refractivity contribution in [3.63, 3.8) is 0 Å². The number of methoxy groups -OCH3 is 1. The van der Waals surface area contributed by atoms with Crippen molar-refractivity contribution in [1.82, 2.24) is 5.32 Å². The number of nitrogens with one attached hydrogen (secondary N) is 1. The molecule has 0 radical (unpaired) electrons. The molecule has 27 heavy (non-hydrogen) atoms. The fraction of sp³-hybridized carbons (Fsp3) is 0.222. The van der Waals surface area contributed by atoms with Crippen LogP contribution in [0.1, 0.15) is 24.2 Å². The van der Waals surface area contributed by atoms with Crippen molar-refractivity contribution in [2.45, 2.75) is 19.4 Å². The number of rotatable bonds is 6. The molecule has 0 atom stereocenters. The lowest BCUT2D eigenvalue weighted by Crippen LogP contribution is -2.50. The van der Waals surface area contributed by atoms with Gasteiger partial charge in [0.25, 0.3) is 11.6 Å². The molecule has 2 aromatic carbocycles. The molecule has 1 amide bonds. The Labute approximate surface area is 160 Å². The first kappa shape index (κ1) is 20.2. The Balaban J connectivity index is 2.19. The number of non-ortho nitro benzene ring substituents is 1. The van der Waals surface area contributed by atoms with E-state index >= 15 is 0 Å². The molecule has 0 fully saturated rings. The molecule has 0 aliphatic heterocycles. The van der Waals surface area contributed by atoms with Gasteiger partial charge in [-0.1, -0.05) is 17.7 Å². The summed E-state index contributed by atoms with van der Waals surface area (Å²) in [6.07, 6.45) is 0. The number of esters is 1. The van der Waals surface area contributed by atoms with Gasteiger partial charge in [-0.05, 0) is 38.1 Å². The third-order valence-corrected chi connectivity index (χ3v) is 3.87. The molecule has 0 spiro atoms. The van der Waals surface area contributed by atoms with Crippen LogP contribution in [0.25, 0.3) is 0 Å². The second-order valence-electron chi connectivity index (χ2n) is 6.07. The number of hydrogen-bond acceptors (Lipinski definition) is 6. The number of halogens is 1. The molecule has 0 aliphatic carbocycles. The standard InChI is InChI=1S/C18H17ClN2O6/c1-18(2,17(23)26-3)20-16(22)11-5-4-6-13(9-11)27-15-8-7-12(21(24)25)10-14(15)19/h4-10H,1-3H3,(H,20,22). The van der Waals surface area contributed by atoms with E-state index < -0.39 is 22.3 Å². The summed E-state index contributed by atoms with van der Waals surface area (Å²) in [7, 11) is 1.23. The van der Waals surface area contributed by atoms with E-state index in [0.29, 0.717) is 5.75 Å². The third kappa shape index (κ3) is 4.95. The number of hydrogen-bond donors (Lipinski definition) is 1. The van der Waals surface area contributed by atoms with Gasteiger partial charge in [0.1, 0.15) is 17.0 Å². The van der Waals surface area contributed by atoms with Crippen molar-refractivity contribution in [1.29, 1.82) is 0 Å². The average Bonchev–Trinajstić information content (AvgIpc) is 2.62. The minimum Gasteiger partial charge on any atom is -0.467 e. The van der Waals surface area contributed by atoms with E-state index in [2.05, 4.69) is 10.1 Å². The van der Waals surface area contributed by atoms with Gasteiger partial charge in [0, 0.05) is 17.7 Å². The van der Waals surface area contributed by atoms with Gasteiger partial charge in [-0.3, -0.25) is 14.9 Å². The molecule has 0 saturated heterocycles. The molecule has 0 unspecified atom stereocenters. The minimum atomic E-state index is -1.20. The summed E-state index contributed by atoms with van der Waals surface area (Å²) in [6.45, 7) is 3.04. The number of amides is 1. The third-order valence-electron chi connectivity index (χ3n) is 3.57. The Morgan fingerprint density at radius 3 is 2.48 bits per heavy atom. The Hall–Kier alpha value is -3.13. The highest BCUT2D eigenvalue weighted by molar-refractivity contribution is 6.32. The number of benzene rings is 2. The second kappa shape index (κ2) is 8.05. The van der Waals surface area contributed by atoms with Crippen molar-refractivity contribution < 1.29 is 24.0 Å². The molecule has 0 aromatic heterocycles. The van der Waals surface area contributed by atoms with E-state index in [-0.39, 0.29) is 22.0 Å². The second-order valence-corrected chi connectivity index (χ2v) is 6.48. The van der Waals surface area contributed by atoms with Crippen molar-refractivity contribution in [2.75, 3.05) is 7.11 Å². The first-order valence-corrected chi connectivity index (χ1v) is 8.14. The van der Waals surface area contributed by atoms with Gasteiger partial charge in [0.2, 0.25) is 0 Å². The largest absolute Gasteiger partial charge is 0.467 e. The van der Waals surface area contributed by atoms with Gasteiger partial charge >= 0.3 is 5.97 Å². The average molecular weight is 393 g/mol. The Bertz CT molecular complexity index is 897. The molecule has 1 N–H and O–H groups in total. The van der Waals surface area contributed by atoms with Crippen LogP contribution in [-0.4, -0.2) is 29.4 Å². The molecule has 0 aliphatic rings. The van der Waals surface area contributed by atoms with Gasteiger partial charge in [-0.15, -0.1) is 0 Å². The summed E-state index contributed by atoms with van der Waals surface area (Å²) in [5.41, 5.74) is -1.11. The van der Waals surface area contributed by atoms with Crippen molar-refractivity contribution in [2.24, 2.45) is 0 Å². The SMILES string of the molecule is COC(=O)C(C)(C)NC(=O)c1cccc(Oc2ccc([N+](=O)[O-])cc2Cl)c1. The number of carbonyl (C=O) groups excluding carboxylic acids is 2. The van der Waals surface area contributed by atoms with Gasteiger partial charge in [-0.2, -0.15) is 0 Å². The first-order chi connectivity index (χ1) is 12.6. The summed E-state index contributed by atoms with van der Waals surface area (Å²) < 4.78 is 10.3. The van der Waals surface area contributed by atoms with Crippen LogP contribution in [0.3, 0.4) is 0 Å². The number of nitro groups is 1. The van der Waals surface area contributed by atoms with Gasteiger partial charge in [-0.25, -0.2) is 4.79 Å². The smallest absolute Gasteiger partial charge is 0.330 e. The number of nitrogens with zero attached hydrogens (tertiary/aromatic N) is 1. The van der Waals surface area contributed by atoms with Crippen molar-refractivity contribution in [3.05, 3.63) is 63.2 Å². The molecule has 0 heterocycles. The molecule has 0 bridgehead atoms. The van der Waals surface area contributed by atoms with Crippen LogP contribution in [0.4, 0.5) is 5.69 Å². The fourth-order valence-electron chi connectivity index (χ4n) is 2.18. The normalized spacial score (nSPS) is 10.8. The Morgan fingerprint density at radius 2 is 1.89 bits per heavy atom. The van der Waals surface area contributed by atoms with E-state index in [9.17, 15) is 19.7 Å². The van der Waals surface area contributed by atoms with Gasteiger partial charge in [0.05, 0.1) is 17.1 Å². The fourth-order valence-corrected chi connectivity index (χ4v) is 2.39. The molecule has 9 heteroatoms. The van der Waals surface area contributed by atoms with Crippen LogP contribution >= 0.6 is 11.6 Å². The number of nitro benzene ring substituents is 1. The number of ether oxygens (including phenoxy) is 2. The molecular weight excluding hydrogens is 376 g/mol. The zero-order valence-corrected chi connectivity index (χ0v) is 15.6. The molecular formula is C18H17ClN2O6. The zero-order chi connectivity index (χ0) is 20.2. The summed E-state index contributed by atoms with van der Waals surface area (Å²) in [4.78, 5) is 34.3. The monoisotopic (exact) mass is 392 g/mol. The van der Waals surface area contributed by atoms with E-state index in [1.54, 1.807) is 18.2 Å². The summed E-state index contributed by atoms with van der Waals surface area (Å²) in [6, 6.07) is 10.00. The molecule has 142 valence electrons. The van der Waals surface area contributed by atoms with Gasteiger partial charge in [0.15, 0.2) is 0 Å². The quantitative estimate of drug-likeness (QED) is 0.456. The molecule has 2 aromatic rings. The highest BCUT2D eigenvalue weighted by atomic mass is 35.5. The lowest BCUT2D eigenvalue weighted by atomic mass is 10.0. The van der Waals surface area contributed by atoms with Crippen molar-refractivity contribution >= 4 is 29.2 Å². The van der Waals surface area contributed by atoms with Crippen LogP contribution in [0.15, 0.2) is 42.5 Å². The van der Waals surface area contributed by atoms with E-state index in [4.69, 9.17) is 16.3 Å². The molecule has 8 nitrogen and oxygen atoms in total. The van der Waals surface area contributed by atoms with Crippen LogP contribution in [0.5, 0.6) is 11.5 Å². The van der Waals surface area contributed by atoms with E-state index in [1.807, 2.05) is 0 Å². The summed E-state index contributed by atoms with van der Waals surface area (Å²) in [5, 5.41) is 13.4. The Kier molecular flexibility index (Phi) is 6.02. The first-order valence-electron chi connectivity index (χ1n) is 7.77. The maximum absolute atomic E-state index is 12.4. The predicted molar refractivity (Wildman–Crippen MR) is 98.2 cm³/mol. The number of carbonyl (C=O) groups is 2. The van der Waals surface area contributed by atoms with Crippen LogP contribution in [0, 0.1) is 10.1 Å². The lowest BCUT2D eigenvalue weighted by molar-refractivity contribution is -0.384. The van der Waals surface area contributed by atoms with Crippen LogP contribution in [0.2, 0.25) is 5.02 Å². The van der Waals surface area contributed by atoms with Crippen LogP contribution in [-0.2, 0) is 9.53 Å². The van der Waals surface area contributed by atoms with E-state index in [1.165, 1.54) is 45.2 Å². The lowest BCUT2D eigenvalue weighted by Gasteiger charge is -2.23. The molecule has 2 rings (SSSR count). The highest BCUT2D eigenvalue weighted by Crippen LogP contribution is 2.32. The summed E-state index contributed by atoms with van der Waals surface area (Å²) in [5.74, 6) is -0.574.